The van der Waals surface area contributed by atoms with Crippen molar-refractivity contribution in [3.8, 4) is 0 Å². The summed E-state index contributed by atoms with van der Waals surface area (Å²) in [6, 6.07) is 3.61. The van der Waals surface area contributed by atoms with E-state index in [2.05, 4.69) is 0 Å². The van der Waals surface area contributed by atoms with Gasteiger partial charge in [-0.25, -0.2) is 8.42 Å². The van der Waals surface area contributed by atoms with Gasteiger partial charge in [-0.3, -0.25) is 4.79 Å². The third-order valence-electron chi connectivity index (χ3n) is 3.80. The van der Waals surface area contributed by atoms with Crippen LogP contribution < -0.4 is 0 Å². The van der Waals surface area contributed by atoms with Crippen molar-refractivity contribution in [3.63, 3.8) is 0 Å². The summed E-state index contributed by atoms with van der Waals surface area (Å²) >= 11 is 0. The second-order valence-corrected chi connectivity index (χ2v) is 7.42. The van der Waals surface area contributed by atoms with Crippen molar-refractivity contribution in [1.29, 1.82) is 0 Å². The molecule has 24 heavy (non-hydrogen) atoms. The maximum atomic E-state index is 12.8. The zero-order chi connectivity index (χ0) is 18.0. The summed E-state index contributed by atoms with van der Waals surface area (Å²) in [7, 11) is -4.10. The lowest BCUT2D eigenvalue weighted by Gasteiger charge is -2.30. The number of benzene rings is 1. The molecule has 0 aliphatic carbocycles. The molecule has 1 heterocycles. The first-order valence-electron chi connectivity index (χ1n) is 7.50. The number of carbonyl (C=O) groups excluding carboxylic acids is 1. The van der Waals surface area contributed by atoms with E-state index in [0.29, 0.717) is 18.9 Å². The lowest BCUT2D eigenvalue weighted by Crippen LogP contribution is -2.42. The standard InChI is InChI=1S/C15H18F3NO4S/c1-2-23-14(20)11-5-4-8-19(10-11)24(21,22)13-7-3-6-12(9-13)15(16,17)18/h3,6-7,9,11H,2,4-5,8,10H2,1H3/t11-/m0/s1. The molecule has 0 saturated carbocycles. The second-order valence-electron chi connectivity index (χ2n) is 5.48. The van der Waals surface area contributed by atoms with Crippen molar-refractivity contribution in [3.05, 3.63) is 29.8 Å². The number of rotatable bonds is 4. The van der Waals surface area contributed by atoms with Gasteiger partial charge < -0.3 is 4.74 Å². The molecule has 134 valence electrons. The van der Waals surface area contributed by atoms with Gasteiger partial charge in [0.2, 0.25) is 10.0 Å². The van der Waals surface area contributed by atoms with Gasteiger partial charge in [0, 0.05) is 13.1 Å². The molecule has 1 saturated heterocycles. The van der Waals surface area contributed by atoms with Crippen molar-refractivity contribution >= 4 is 16.0 Å². The lowest BCUT2D eigenvalue weighted by atomic mass is 10.0. The first kappa shape index (κ1) is 18.7. The number of carbonyl (C=O) groups is 1. The molecule has 1 aromatic carbocycles. The maximum absolute atomic E-state index is 12.8. The number of ether oxygens (including phenoxy) is 1. The molecule has 0 spiro atoms. The fourth-order valence-corrected chi connectivity index (χ4v) is 4.17. The average Bonchev–Trinajstić information content (AvgIpc) is 2.54. The van der Waals surface area contributed by atoms with Crippen LogP contribution in [0.2, 0.25) is 0 Å². The molecule has 0 aromatic heterocycles. The van der Waals surface area contributed by atoms with E-state index < -0.39 is 38.5 Å². The third kappa shape index (κ3) is 4.07. The normalized spacial score (nSPS) is 19.9. The monoisotopic (exact) mass is 365 g/mol. The van der Waals surface area contributed by atoms with Crippen LogP contribution in [0.5, 0.6) is 0 Å². The maximum Gasteiger partial charge on any atom is 0.416 e. The molecule has 1 fully saturated rings. The van der Waals surface area contributed by atoms with Crippen LogP contribution >= 0.6 is 0 Å². The molecule has 0 bridgehead atoms. The zero-order valence-corrected chi connectivity index (χ0v) is 13.9. The van der Waals surface area contributed by atoms with E-state index in [4.69, 9.17) is 4.74 Å². The van der Waals surface area contributed by atoms with Crippen LogP contribution in [0.15, 0.2) is 29.2 Å². The van der Waals surface area contributed by atoms with Crippen LogP contribution in [0.1, 0.15) is 25.3 Å². The molecule has 1 aromatic rings. The fourth-order valence-electron chi connectivity index (χ4n) is 2.60. The number of esters is 1. The van der Waals surface area contributed by atoms with E-state index in [0.717, 1.165) is 22.5 Å². The van der Waals surface area contributed by atoms with Gasteiger partial charge >= 0.3 is 12.1 Å². The van der Waals surface area contributed by atoms with E-state index in [1.165, 1.54) is 0 Å². The van der Waals surface area contributed by atoms with Crippen molar-refractivity contribution in [2.45, 2.75) is 30.8 Å². The number of halogens is 3. The minimum Gasteiger partial charge on any atom is -0.466 e. The summed E-state index contributed by atoms with van der Waals surface area (Å²) in [5.74, 6) is -1.08. The highest BCUT2D eigenvalue weighted by atomic mass is 32.2. The predicted octanol–water partition coefficient (Wildman–Crippen LogP) is 2.67. The molecule has 0 radical (unpaired) electrons. The second kappa shape index (κ2) is 7.10. The Morgan fingerprint density at radius 2 is 2.08 bits per heavy atom. The minimum atomic E-state index is -4.62. The molecule has 0 amide bonds. The molecule has 1 aliphatic rings. The van der Waals surface area contributed by atoms with E-state index >= 15 is 0 Å². The first-order chi connectivity index (χ1) is 11.2. The van der Waals surface area contributed by atoms with Crippen LogP contribution in [-0.2, 0) is 25.7 Å². The summed E-state index contributed by atoms with van der Waals surface area (Å²) in [6.07, 6.45) is -3.68. The molecule has 5 nitrogen and oxygen atoms in total. The van der Waals surface area contributed by atoms with Gasteiger partial charge in [-0.15, -0.1) is 0 Å². The van der Waals surface area contributed by atoms with Gasteiger partial charge in [-0.05, 0) is 38.0 Å². The summed E-state index contributed by atoms with van der Waals surface area (Å²) in [5, 5.41) is 0. The van der Waals surface area contributed by atoms with Crippen LogP contribution in [0.4, 0.5) is 13.2 Å². The number of sulfonamides is 1. The summed E-state index contributed by atoms with van der Waals surface area (Å²) in [5.41, 5.74) is -1.03. The number of nitrogens with zero attached hydrogens (tertiary/aromatic N) is 1. The fraction of sp³-hybridized carbons (Fsp3) is 0.533. The zero-order valence-electron chi connectivity index (χ0n) is 13.0. The van der Waals surface area contributed by atoms with Crippen molar-refractivity contribution in [2.75, 3.05) is 19.7 Å². The topological polar surface area (TPSA) is 63.7 Å². The first-order valence-corrected chi connectivity index (χ1v) is 8.94. The SMILES string of the molecule is CCOC(=O)[C@H]1CCCN(S(=O)(=O)c2cccc(C(F)(F)F)c2)C1. The van der Waals surface area contributed by atoms with Gasteiger partial charge in [0.15, 0.2) is 0 Å². The highest BCUT2D eigenvalue weighted by Crippen LogP contribution is 2.32. The van der Waals surface area contributed by atoms with Gasteiger partial charge in [0.1, 0.15) is 0 Å². The van der Waals surface area contributed by atoms with Crippen LogP contribution in [0.25, 0.3) is 0 Å². The number of alkyl halides is 3. The Balaban J connectivity index is 2.25. The van der Waals surface area contributed by atoms with Crippen LogP contribution in [0.3, 0.4) is 0 Å². The van der Waals surface area contributed by atoms with Crippen molar-refractivity contribution < 1.29 is 31.1 Å². The lowest BCUT2D eigenvalue weighted by molar-refractivity contribution is -0.149. The largest absolute Gasteiger partial charge is 0.466 e. The third-order valence-corrected chi connectivity index (χ3v) is 5.66. The Morgan fingerprint density at radius 3 is 2.71 bits per heavy atom. The van der Waals surface area contributed by atoms with E-state index in [1.807, 2.05) is 0 Å². The summed E-state index contributed by atoms with van der Waals surface area (Å²) in [6.45, 7) is 1.92. The molecule has 0 N–H and O–H groups in total. The molecule has 2 rings (SSSR count). The van der Waals surface area contributed by atoms with Gasteiger partial charge in [0.05, 0.1) is 23.0 Å². The Kier molecular flexibility index (Phi) is 5.54. The van der Waals surface area contributed by atoms with Crippen LogP contribution in [-0.4, -0.2) is 38.4 Å². The van der Waals surface area contributed by atoms with Crippen molar-refractivity contribution in [2.24, 2.45) is 5.92 Å². The molecule has 9 heteroatoms. The molecular formula is C15H18F3NO4S. The highest BCUT2D eigenvalue weighted by Gasteiger charge is 2.36. The summed E-state index contributed by atoms with van der Waals surface area (Å²) < 4.78 is 69.5. The van der Waals surface area contributed by atoms with Gasteiger partial charge in [-0.2, -0.15) is 17.5 Å². The van der Waals surface area contributed by atoms with Gasteiger partial charge in [-0.1, -0.05) is 6.07 Å². The molecule has 1 aliphatic heterocycles. The smallest absolute Gasteiger partial charge is 0.416 e. The molecule has 0 unspecified atom stereocenters. The Hall–Kier alpha value is -1.61. The van der Waals surface area contributed by atoms with Crippen molar-refractivity contribution in [1.82, 2.24) is 4.31 Å². The average molecular weight is 365 g/mol. The molecule has 1 atom stereocenters. The Labute approximate surface area is 138 Å². The highest BCUT2D eigenvalue weighted by molar-refractivity contribution is 7.89. The number of piperidine rings is 1. The summed E-state index contributed by atoms with van der Waals surface area (Å²) in [4.78, 5) is 11.4. The predicted molar refractivity (Wildman–Crippen MR) is 79.6 cm³/mol. The number of hydrogen-bond donors (Lipinski definition) is 0. The quantitative estimate of drug-likeness (QED) is 0.770. The Morgan fingerprint density at radius 1 is 1.38 bits per heavy atom. The van der Waals surface area contributed by atoms with Crippen LogP contribution in [0, 0.1) is 5.92 Å². The van der Waals surface area contributed by atoms with Gasteiger partial charge in [0.25, 0.3) is 0 Å². The van der Waals surface area contributed by atoms with E-state index in [9.17, 15) is 26.4 Å². The molecular weight excluding hydrogens is 347 g/mol. The van der Waals surface area contributed by atoms with E-state index in [1.54, 1.807) is 6.92 Å². The number of hydrogen-bond acceptors (Lipinski definition) is 4. The van der Waals surface area contributed by atoms with E-state index in [-0.39, 0.29) is 19.7 Å². The Bertz CT molecular complexity index is 703. The minimum absolute atomic E-state index is 0.0859.